The standard InChI is InChI=1S/C16H21N3S/c1-6-14-18-15(17-5)12(4)16(19-14)20-13-9-10(2)7-8-11(13)3/h7-9H,6H2,1-5H3,(H,17,18,19). The fourth-order valence-electron chi connectivity index (χ4n) is 1.96. The van der Waals surface area contributed by atoms with Crippen LogP contribution in [0, 0.1) is 20.8 Å². The maximum absolute atomic E-state index is 4.68. The molecular formula is C16H21N3S. The molecule has 0 fully saturated rings. The number of nitrogens with zero attached hydrogens (tertiary/aromatic N) is 2. The van der Waals surface area contributed by atoms with Crippen molar-refractivity contribution in [2.45, 2.75) is 44.0 Å². The SMILES string of the molecule is CCc1nc(NC)c(C)c(Sc2cc(C)ccc2C)n1. The molecule has 0 saturated heterocycles. The number of hydrogen-bond donors (Lipinski definition) is 1. The summed E-state index contributed by atoms with van der Waals surface area (Å²) in [5.74, 6) is 1.80. The summed E-state index contributed by atoms with van der Waals surface area (Å²) in [4.78, 5) is 10.5. The first-order valence-corrected chi connectivity index (χ1v) is 7.67. The zero-order valence-corrected chi connectivity index (χ0v) is 13.6. The van der Waals surface area contributed by atoms with Crippen LogP contribution in [-0.4, -0.2) is 17.0 Å². The van der Waals surface area contributed by atoms with Gasteiger partial charge in [0, 0.05) is 23.9 Å². The second-order valence-corrected chi connectivity index (χ2v) is 5.92. The molecule has 1 N–H and O–H groups in total. The molecule has 2 rings (SSSR count). The zero-order valence-electron chi connectivity index (χ0n) is 12.7. The molecule has 2 aromatic rings. The van der Waals surface area contributed by atoms with Gasteiger partial charge >= 0.3 is 0 Å². The lowest BCUT2D eigenvalue weighted by Gasteiger charge is -2.12. The zero-order chi connectivity index (χ0) is 14.7. The smallest absolute Gasteiger partial charge is 0.133 e. The first kappa shape index (κ1) is 14.9. The molecule has 0 aliphatic heterocycles. The van der Waals surface area contributed by atoms with Crippen LogP contribution in [0.2, 0.25) is 0 Å². The van der Waals surface area contributed by atoms with Gasteiger partial charge in [0.05, 0.1) is 0 Å². The second kappa shape index (κ2) is 6.27. The summed E-state index contributed by atoms with van der Waals surface area (Å²) < 4.78 is 0. The summed E-state index contributed by atoms with van der Waals surface area (Å²) >= 11 is 1.72. The molecule has 0 saturated carbocycles. The van der Waals surface area contributed by atoms with Crippen molar-refractivity contribution in [3.05, 3.63) is 40.7 Å². The molecule has 20 heavy (non-hydrogen) atoms. The van der Waals surface area contributed by atoms with Crippen LogP contribution in [0.4, 0.5) is 5.82 Å². The lowest BCUT2D eigenvalue weighted by atomic mass is 10.2. The summed E-state index contributed by atoms with van der Waals surface area (Å²) in [5, 5.41) is 4.19. The third-order valence-electron chi connectivity index (χ3n) is 3.25. The van der Waals surface area contributed by atoms with Gasteiger partial charge in [-0.25, -0.2) is 9.97 Å². The Morgan fingerprint density at radius 1 is 1.15 bits per heavy atom. The van der Waals surface area contributed by atoms with E-state index in [1.807, 2.05) is 7.05 Å². The van der Waals surface area contributed by atoms with Gasteiger partial charge in [0.25, 0.3) is 0 Å². The Morgan fingerprint density at radius 3 is 2.55 bits per heavy atom. The van der Waals surface area contributed by atoms with E-state index in [9.17, 15) is 0 Å². The van der Waals surface area contributed by atoms with Gasteiger partial charge in [0.2, 0.25) is 0 Å². The van der Waals surface area contributed by atoms with Crippen molar-refractivity contribution in [2.24, 2.45) is 0 Å². The van der Waals surface area contributed by atoms with E-state index in [0.717, 1.165) is 28.7 Å². The molecule has 0 spiro atoms. The van der Waals surface area contributed by atoms with Crippen LogP contribution in [0.5, 0.6) is 0 Å². The first-order valence-electron chi connectivity index (χ1n) is 6.85. The molecule has 3 nitrogen and oxygen atoms in total. The Morgan fingerprint density at radius 2 is 1.90 bits per heavy atom. The predicted octanol–water partition coefficient (Wildman–Crippen LogP) is 4.16. The molecule has 4 heteroatoms. The van der Waals surface area contributed by atoms with E-state index in [1.165, 1.54) is 16.0 Å². The number of nitrogens with one attached hydrogen (secondary N) is 1. The highest BCUT2D eigenvalue weighted by Gasteiger charge is 2.12. The highest BCUT2D eigenvalue weighted by atomic mass is 32.2. The van der Waals surface area contributed by atoms with Crippen molar-refractivity contribution >= 4 is 17.6 Å². The van der Waals surface area contributed by atoms with E-state index >= 15 is 0 Å². The molecule has 0 unspecified atom stereocenters. The Labute approximate surface area is 125 Å². The largest absolute Gasteiger partial charge is 0.373 e. The molecule has 1 aromatic carbocycles. The number of rotatable bonds is 4. The summed E-state index contributed by atoms with van der Waals surface area (Å²) in [6.07, 6.45) is 0.843. The van der Waals surface area contributed by atoms with Crippen molar-refractivity contribution < 1.29 is 0 Å². The fourth-order valence-corrected chi connectivity index (χ4v) is 3.05. The van der Waals surface area contributed by atoms with Gasteiger partial charge in [-0.15, -0.1) is 0 Å². The number of aryl methyl sites for hydroxylation is 3. The second-order valence-electron chi connectivity index (χ2n) is 4.89. The van der Waals surface area contributed by atoms with Crippen molar-refractivity contribution in [3.8, 4) is 0 Å². The van der Waals surface area contributed by atoms with Crippen LogP contribution in [0.15, 0.2) is 28.1 Å². The molecule has 1 aromatic heterocycles. The van der Waals surface area contributed by atoms with Crippen LogP contribution in [0.25, 0.3) is 0 Å². The molecule has 0 aliphatic carbocycles. The van der Waals surface area contributed by atoms with Gasteiger partial charge < -0.3 is 5.32 Å². The average molecular weight is 287 g/mol. The number of benzene rings is 1. The van der Waals surface area contributed by atoms with Crippen LogP contribution < -0.4 is 5.32 Å². The molecule has 0 bridgehead atoms. The van der Waals surface area contributed by atoms with E-state index in [2.05, 4.69) is 61.2 Å². The van der Waals surface area contributed by atoms with Crippen LogP contribution in [-0.2, 0) is 6.42 Å². The number of aromatic nitrogens is 2. The summed E-state index contributed by atoms with van der Waals surface area (Å²) in [5.41, 5.74) is 3.66. The van der Waals surface area contributed by atoms with E-state index in [-0.39, 0.29) is 0 Å². The summed E-state index contributed by atoms with van der Waals surface area (Å²) in [6.45, 7) is 8.40. The van der Waals surface area contributed by atoms with Gasteiger partial charge in [0.15, 0.2) is 0 Å². The van der Waals surface area contributed by atoms with Gasteiger partial charge in [0.1, 0.15) is 16.7 Å². The Kier molecular flexibility index (Phi) is 4.65. The van der Waals surface area contributed by atoms with E-state index in [1.54, 1.807) is 11.8 Å². The van der Waals surface area contributed by atoms with E-state index in [4.69, 9.17) is 0 Å². The molecule has 0 amide bonds. The van der Waals surface area contributed by atoms with Gasteiger partial charge in [-0.2, -0.15) is 0 Å². The maximum Gasteiger partial charge on any atom is 0.133 e. The highest BCUT2D eigenvalue weighted by molar-refractivity contribution is 7.99. The summed E-state index contributed by atoms with van der Waals surface area (Å²) in [7, 11) is 1.90. The normalized spacial score (nSPS) is 10.7. The Balaban J connectivity index is 2.44. The molecule has 0 aliphatic rings. The Bertz CT molecular complexity index is 623. The van der Waals surface area contributed by atoms with E-state index < -0.39 is 0 Å². The van der Waals surface area contributed by atoms with Crippen LogP contribution in [0.1, 0.15) is 29.4 Å². The highest BCUT2D eigenvalue weighted by Crippen LogP contribution is 2.33. The molecule has 0 atom stereocenters. The minimum Gasteiger partial charge on any atom is -0.373 e. The minimum absolute atomic E-state index is 0.843. The van der Waals surface area contributed by atoms with Crippen LogP contribution >= 0.6 is 11.8 Å². The van der Waals surface area contributed by atoms with Crippen molar-refractivity contribution in [1.82, 2.24) is 9.97 Å². The quantitative estimate of drug-likeness (QED) is 0.857. The third-order valence-corrected chi connectivity index (χ3v) is 4.50. The molecular weight excluding hydrogens is 266 g/mol. The average Bonchev–Trinajstić information content (AvgIpc) is 2.45. The molecule has 106 valence electrons. The van der Waals surface area contributed by atoms with Gasteiger partial charge in [-0.1, -0.05) is 30.8 Å². The van der Waals surface area contributed by atoms with Gasteiger partial charge in [-0.3, -0.25) is 0 Å². The fraction of sp³-hybridized carbons (Fsp3) is 0.375. The van der Waals surface area contributed by atoms with E-state index in [0.29, 0.717) is 0 Å². The lowest BCUT2D eigenvalue weighted by Crippen LogP contribution is -2.04. The predicted molar refractivity (Wildman–Crippen MR) is 85.7 cm³/mol. The number of anilines is 1. The monoisotopic (exact) mass is 287 g/mol. The number of hydrogen-bond acceptors (Lipinski definition) is 4. The first-order chi connectivity index (χ1) is 9.55. The minimum atomic E-state index is 0.843. The lowest BCUT2D eigenvalue weighted by molar-refractivity contribution is 0.874. The van der Waals surface area contributed by atoms with Crippen molar-refractivity contribution in [3.63, 3.8) is 0 Å². The summed E-state index contributed by atoms with van der Waals surface area (Å²) in [6, 6.07) is 6.52. The maximum atomic E-state index is 4.68. The molecule has 1 heterocycles. The third kappa shape index (κ3) is 3.12. The topological polar surface area (TPSA) is 37.8 Å². The van der Waals surface area contributed by atoms with Gasteiger partial charge in [-0.05, 0) is 38.0 Å². The molecule has 0 radical (unpaired) electrons. The van der Waals surface area contributed by atoms with Crippen LogP contribution in [0.3, 0.4) is 0 Å². The van der Waals surface area contributed by atoms with Crippen molar-refractivity contribution in [2.75, 3.05) is 12.4 Å². The Hall–Kier alpha value is -1.55. The van der Waals surface area contributed by atoms with Crippen molar-refractivity contribution in [1.29, 1.82) is 0 Å².